The summed E-state index contributed by atoms with van der Waals surface area (Å²) in [5.74, 6) is 0.190. The summed E-state index contributed by atoms with van der Waals surface area (Å²) < 4.78 is 29.2. The molecule has 4 aromatic rings. The molecule has 0 saturated carbocycles. The molecule has 0 unspecified atom stereocenters. The average molecular weight is 684 g/mol. The normalized spacial score (nSPS) is 17.4. The standard InChI is InChI=1S/C34H35AsFN7O3/c1-4-42(24-19-45-20-24)34(2,3)16-22(17-37)33(44)41-14-8-9-23(41)18-43-32-29(31(35)38-21-39-32)30(40-43)27-13-12-26(15-28(27)36)46-25-10-6-5-7-11-25/h5-7,10-13,15-16,21,23-24H,4,8-9,14,18-20H2,1-3H3/b22-16-/t23-/m0/s1. The molecule has 2 saturated heterocycles. The molecule has 4 heterocycles. The van der Waals surface area contributed by atoms with Crippen LogP contribution in [0.25, 0.3) is 22.3 Å². The van der Waals surface area contributed by atoms with Crippen LogP contribution < -0.4 is 9.22 Å². The van der Waals surface area contributed by atoms with Crippen molar-refractivity contribution in [1.29, 1.82) is 5.26 Å². The number of carbonyl (C=O) groups excluding carboxylic acids is 1. The molecular weight excluding hydrogens is 648 g/mol. The molecule has 0 aliphatic carbocycles. The topological polar surface area (TPSA) is 109 Å². The van der Waals surface area contributed by atoms with Crippen LogP contribution in [0.4, 0.5) is 4.39 Å². The van der Waals surface area contributed by atoms with Crippen molar-refractivity contribution in [3.8, 4) is 28.8 Å². The van der Waals surface area contributed by atoms with Gasteiger partial charge in [0, 0.05) is 0 Å². The summed E-state index contributed by atoms with van der Waals surface area (Å²) in [6.07, 6.45) is 4.78. The van der Waals surface area contributed by atoms with Crippen molar-refractivity contribution in [3.05, 3.63) is 72.3 Å². The molecule has 236 valence electrons. The number of hydrogen-bond acceptors (Lipinski definition) is 8. The number of likely N-dealkylation sites (N-methyl/N-ethyl adjacent to an activating group) is 1. The van der Waals surface area contributed by atoms with Gasteiger partial charge in [-0.05, 0) is 6.54 Å². The first-order chi connectivity index (χ1) is 22.2. The third-order valence-electron chi connectivity index (χ3n) is 8.70. The fourth-order valence-corrected chi connectivity index (χ4v) is 6.99. The predicted octanol–water partition coefficient (Wildman–Crippen LogP) is 4.16. The van der Waals surface area contributed by atoms with E-state index in [1.54, 1.807) is 39.9 Å². The third kappa shape index (κ3) is 6.30. The summed E-state index contributed by atoms with van der Waals surface area (Å²) >= 11 is 2.40. The van der Waals surface area contributed by atoms with E-state index in [2.05, 4.69) is 44.7 Å². The molecule has 1 atom stereocenters. The van der Waals surface area contributed by atoms with E-state index in [9.17, 15) is 10.1 Å². The summed E-state index contributed by atoms with van der Waals surface area (Å²) in [6.45, 7) is 9.06. The van der Waals surface area contributed by atoms with Crippen LogP contribution in [0.15, 0.2) is 66.5 Å². The summed E-state index contributed by atoms with van der Waals surface area (Å²) in [5, 5.41) is 15.6. The van der Waals surface area contributed by atoms with E-state index < -0.39 is 11.4 Å². The fourth-order valence-electron chi connectivity index (χ4n) is 6.45. The van der Waals surface area contributed by atoms with Gasteiger partial charge in [-0.2, -0.15) is 0 Å². The minimum absolute atomic E-state index is 0.122. The molecular formula is C34H35AsFN7O3. The van der Waals surface area contributed by atoms with Crippen molar-refractivity contribution in [1.82, 2.24) is 29.5 Å². The molecule has 0 N–H and O–H groups in total. The molecule has 0 spiro atoms. The molecule has 1 amide bonds. The second-order valence-electron chi connectivity index (χ2n) is 12.1. The molecule has 0 bridgehead atoms. The molecule has 2 aliphatic heterocycles. The molecule has 2 aliphatic rings. The molecule has 46 heavy (non-hydrogen) atoms. The van der Waals surface area contributed by atoms with E-state index in [0.717, 1.165) is 19.4 Å². The third-order valence-corrected chi connectivity index (χ3v) is 9.41. The van der Waals surface area contributed by atoms with Crippen molar-refractivity contribution in [3.63, 3.8) is 0 Å². The van der Waals surface area contributed by atoms with E-state index in [4.69, 9.17) is 14.6 Å². The first kappa shape index (κ1) is 31.9. The number of likely N-dealkylation sites (tertiary alicyclic amines) is 1. The number of nitrogens with zero attached hydrogens (tertiary/aromatic N) is 7. The first-order valence-corrected chi connectivity index (χ1v) is 16.4. The molecule has 12 heteroatoms. The van der Waals surface area contributed by atoms with Gasteiger partial charge in [0.2, 0.25) is 0 Å². The second kappa shape index (κ2) is 13.3. The summed E-state index contributed by atoms with van der Waals surface area (Å²) in [7, 11) is 0. The molecule has 2 aromatic carbocycles. The van der Waals surface area contributed by atoms with Gasteiger partial charge in [-0.1, -0.05) is 6.92 Å². The van der Waals surface area contributed by atoms with Crippen molar-refractivity contribution in [2.24, 2.45) is 0 Å². The summed E-state index contributed by atoms with van der Waals surface area (Å²) in [6, 6.07) is 16.1. The van der Waals surface area contributed by atoms with Crippen LogP contribution in [0.3, 0.4) is 0 Å². The predicted molar refractivity (Wildman–Crippen MR) is 172 cm³/mol. The zero-order chi connectivity index (χ0) is 32.4. The Kier molecular flexibility index (Phi) is 9.23. The van der Waals surface area contributed by atoms with Gasteiger partial charge in [0.05, 0.1) is 19.3 Å². The van der Waals surface area contributed by atoms with Crippen LogP contribution in [-0.2, 0) is 16.1 Å². The van der Waals surface area contributed by atoms with Gasteiger partial charge in [-0.3, -0.25) is 0 Å². The van der Waals surface area contributed by atoms with Gasteiger partial charge in [0.25, 0.3) is 0 Å². The van der Waals surface area contributed by atoms with Crippen LogP contribution >= 0.6 is 0 Å². The molecule has 2 fully saturated rings. The summed E-state index contributed by atoms with van der Waals surface area (Å²) in [4.78, 5) is 26.7. The van der Waals surface area contributed by atoms with Gasteiger partial charge in [-0.15, -0.1) is 0 Å². The van der Waals surface area contributed by atoms with Crippen LogP contribution in [0.2, 0.25) is 0 Å². The Bertz CT molecular complexity index is 1820. The number of fused-ring (bicyclic) bond motifs is 1. The van der Waals surface area contributed by atoms with Crippen LogP contribution in [0, 0.1) is 17.1 Å². The molecule has 2 aromatic heterocycles. The minimum atomic E-state index is -0.509. The van der Waals surface area contributed by atoms with Gasteiger partial charge < -0.3 is 4.74 Å². The average Bonchev–Trinajstić information content (AvgIpc) is 3.63. The number of halogens is 1. The fraction of sp³-hybridized carbons (Fsp3) is 0.382. The maximum absolute atomic E-state index is 15.6. The SMILES string of the molecule is CCN(C1COC1)C(C)(C)/C=C(/C#N)C(=O)N1CCC[C@H]1Cn1nc(-c2ccc(Oc3ccccc3)cc2F)c2c([As])ncnc21. The van der Waals surface area contributed by atoms with Crippen molar-refractivity contribution in [2.45, 2.75) is 57.8 Å². The quantitative estimate of drug-likeness (QED) is 0.139. The van der Waals surface area contributed by atoms with E-state index in [1.807, 2.05) is 32.0 Å². The number of amides is 1. The number of carbonyl (C=O) groups is 1. The monoisotopic (exact) mass is 683 g/mol. The Morgan fingerprint density at radius 3 is 2.67 bits per heavy atom. The van der Waals surface area contributed by atoms with Crippen molar-refractivity contribution >= 4 is 38.3 Å². The number of aromatic nitrogens is 4. The van der Waals surface area contributed by atoms with Crippen LogP contribution in [-0.4, -0.2) is 96.2 Å². The number of ether oxygens (including phenoxy) is 2. The summed E-state index contributed by atoms with van der Waals surface area (Å²) in [5.41, 5.74) is 0.856. The van der Waals surface area contributed by atoms with E-state index in [-0.39, 0.29) is 23.6 Å². The van der Waals surface area contributed by atoms with Crippen LogP contribution in [0.1, 0.15) is 33.6 Å². The Labute approximate surface area is 276 Å². The molecule has 10 nitrogen and oxygen atoms in total. The number of para-hydroxylation sites is 1. The van der Waals surface area contributed by atoms with Gasteiger partial charge >= 0.3 is 240 Å². The number of nitriles is 1. The Morgan fingerprint density at radius 1 is 1.22 bits per heavy atom. The zero-order valence-electron chi connectivity index (χ0n) is 26.1. The number of hydrogen-bond donors (Lipinski definition) is 0. The Balaban J connectivity index is 1.27. The van der Waals surface area contributed by atoms with E-state index in [0.29, 0.717) is 64.6 Å². The Morgan fingerprint density at radius 2 is 2.00 bits per heavy atom. The zero-order valence-corrected chi connectivity index (χ0v) is 27.9. The van der Waals surface area contributed by atoms with Gasteiger partial charge in [0.1, 0.15) is 0 Å². The first-order valence-electron chi connectivity index (χ1n) is 15.4. The number of rotatable bonds is 10. The Hall–Kier alpha value is -4.10. The van der Waals surface area contributed by atoms with E-state index >= 15 is 4.39 Å². The molecule has 2 radical (unpaired) electrons. The van der Waals surface area contributed by atoms with E-state index in [1.165, 1.54) is 12.4 Å². The van der Waals surface area contributed by atoms with Gasteiger partial charge in [0.15, 0.2) is 0 Å². The number of benzene rings is 2. The van der Waals surface area contributed by atoms with Crippen LogP contribution in [0.5, 0.6) is 11.5 Å². The van der Waals surface area contributed by atoms with Crippen molar-refractivity contribution < 1.29 is 18.7 Å². The van der Waals surface area contributed by atoms with Crippen molar-refractivity contribution in [2.75, 3.05) is 26.3 Å². The van der Waals surface area contributed by atoms with Gasteiger partial charge in [-0.25, -0.2) is 0 Å². The second-order valence-corrected chi connectivity index (χ2v) is 13.0. The molecule has 6 rings (SSSR count). The maximum atomic E-state index is 15.6.